The molecule has 0 saturated carbocycles. The highest BCUT2D eigenvalue weighted by Crippen LogP contribution is 2.20. The van der Waals surface area contributed by atoms with Crippen LogP contribution in [0.1, 0.15) is 12.8 Å². The van der Waals surface area contributed by atoms with E-state index < -0.39 is 31.9 Å². The quantitative estimate of drug-likeness (QED) is 0.669. The Morgan fingerprint density at radius 2 is 1.95 bits per heavy atom. The Kier molecular flexibility index (Phi) is 5.53. The molecule has 0 spiro atoms. The minimum atomic E-state index is -3.81. The van der Waals surface area contributed by atoms with Gasteiger partial charge < -0.3 is 5.11 Å². The molecule has 118 valence electrons. The van der Waals surface area contributed by atoms with Crippen molar-refractivity contribution in [2.45, 2.75) is 12.8 Å². The van der Waals surface area contributed by atoms with E-state index in [1.54, 1.807) is 0 Å². The summed E-state index contributed by atoms with van der Waals surface area (Å²) in [4.78, 5) is 10.9. The molecular weight excluding hydrogens is 308 g/mol. The van der Waals surface area contributed by atoms with Crippen LogP contribution in [-0.2, 0) is 24.8 Å². The van der Waals surface area contributed by atoms with Gasteiger partial charge in [-0.3, -0.25) is 4.79 Å². The standard InChI is InChI=1S/C10H20N2O6S2/c1-11(6-7-19(2,15)16)20(17,18)12-5-3-4-9(8-12)10(13)14/h9H,3-8H2,1-2H3,(H,13,14). The van der Waals surface area contributed by atoms with Crippen molar-refractivity contribution in [2.75, 3.05) is 38.7 Å². The van der Waals surface area contributed by atoms with Crippen LogP contribution in [0, 0.1) is 5.92 Å². The summed E-state index contributed by atoms with van der Waals surface area (Å²) in [5, 5.41) is 8.96. The number of sulfone groups is 1. The first-order chi connectivity index (χ1) is 9.04. The maximum absolute atomic E-state index is 12.2. The molecule has 1 aliphatic rings. The van der Waals surface area contributed by atoms with Crippen molar-refractivity contribution in [1.82, 2.24) is 8.61 Å². The summed E-state index contributed by atoms with van der Waals surface area (Å²) >= 11 is 0. The molecule has 20 heavy (non-hydrogen) atoms. The highest BCUT2D eigenvalue weighted by atomic mass is 32.2. The fourth-order valence-corrected chi connectivity index (χ4v) is 4.13. The molecule has 1 N–H and O–H groups in total. The van der Waals surface area contributed by atoms with Crippen LogP contribution < -0.4 is 0 Å². The van der Waals surface area contributed by atoms with Crippen molar-refractivity contribution >= 4 is 26.0 Å². The first kappa shape index (κ1) is 17.3. The van der Waals surface area contributed by atoms with Gasteiger partial charge in [-0.25, -0.2) is 8.42 Å². The molecule has 1 aliphatic heterocycles. The molecule has 0 bridgehead atoms. The molecule has 1 saturated heterocycles. The van der Waals surface area contributed by atoms with Gasteiger partial charge >= 0.3 is 5.97 Å². The molecule has 1 heterocycles. The number of hydrogen-bond acceptors (Lipinski definition) is 5. The Bertz CT molecular complexity index is 556. The van der Waals surface area contributed by atoms with Crippen molar-refractivity contribution in [3.63, 3.8) is 0 Å². The average Bonchev–Trinajstić information content (AvgIpc) is 2.35. The van der Waals surface area contributed by atoms with E-state index in [1.165, 1.54) is 7.05 Å². The zero-order valence-corrected chi connectivity index (χ0v) is 13.2. The lowest BCUT2D eigenvalue weighted by molar-refractivity contribution is -0.142. The zero-order valence-electron chi connectivity index (χ0n) is 11.5. The van der Waals surface area contributed by atoms with E-state index in [4.69, 9.17) is 5.11 Å². The van der Waals surface area contributed by atoms with Crippen LogP contribution in [-0.4, -0.2) is 75.2 Å². The Hall–Kier alpha value is -0.710. The third kappa shape index (κ3) is 4.69. The van der Waals surface area contributed by atoms with E-state index in [1.807, 2.05) is 0 Å². The summed E-state index contributed by atoms with van der Waals surface area (Å²) < 4.78 is 48.7. The summed E-state index contributed by atoms with van der Waals surface area (Å²) in [6.07, 6.45) is 1.97. The number of carboxylic acids is 1. The molecule has 0 aromatic carbocycles. The van der Waals surface area contributed by atoms with Crippen LogP contribution in [0.25, 0.3) is 0 Å². The Morgan fingerprint density at radius 1 is 1.35 bits per heavy atom. The van der Waals surface area contributed by atoms with Gasteiger partial charge in [0.25, 0.3) is 10.2 Å². The third-order valence-corrected chi connectivity index (χ3v) is 6.11. The number of nitrogens with zero attached hydrogens (tertiary/aromatic N) is 2. The van der Waals surface area contributed by atoms with Crippen LogP contribution in [0.2, 0.25) is 0 Å². The largest absolute Gasteiger partial charge is 0.481 e. The molecule has 0 amide bonds. The van der Waals surface area contributed by atoms with Crippen LogP contribution >= 0.6 is 0 Å². The molecule has 8 nitrogen and oxygen atoms in total. The van der Waals surface area contributed by atoms with E-state index in [-0.39, 0.29) is 25.4 Å². The van der Waals surface area contributed by atoms with Crippen LogP contribution in [0.4, 0.5) is 0 Å². The van der Waals surface area contributed by atoms with E-state index in [0.717, 1.165) is 14.9 Å². The SMILES string of the molecule is CN(CCS(C)(=O)=O)S(=O)(=O)N1CCCC(C(=O)O)C1. The summed E-state index contributed by atoms with van der Waals surface area (Å²) in [5.74, 6) is -1.98. The van der Waals surface area contributed by atoms with Gasteiger partial charge in [-0.05, 0) is 12.8 Å². The molecule has 1 atom stereocenters. The second kappa shape index (κ2) is 6.37. The van der Waals surface area contributed by atoms with Crippen LogP contribution in [0.5, 0.6) is 0 Å². The molecule has 1 fully saturated rings. The van der Waals surface area contributed by atoms with Crippen LogP contribution in [0.3, 0.4) is 0 Å². The average molecular weight is 328 g/mol. The molecule has 10 heteroatoms. The first-order valence-corrected chi connectivity index (χ1v) is 9.62. The van der Waals surface area contributed by atoms with Gasteiger partial charge in [-0.1, -0.05) is 0 Å². The van der Waals surface area contributed by atoms with E-state index in [9.17, 15) is 21.6 Å². The molecule has 0 aromatic rings. The number of hydrogen-bond donors (Lipinski definition) is 1. The fourth-order valence-electron chi connectivity index (χ4n) is 1.96. The van der Waals surface area contributed by atoms with Crippen molar-refractivity contribution in [3.8, 4) is 0 Å². The van der Waals surface area contributed by atoms with E-state index >= 15 is 0 Å². The van der Waals surface area contributed by atoms with Crippen LogP contribution in [0.15, 0.2) is 0 Å². The summed E-state index contributed by atoms with van der Waals surface area (Å²) in [6, 6.07) is 0. The third-order valence-electron chi connectivity index (χ3n) is 3.23. The Morgan fingerprint density at radius 3 is 2.45 bits per heavy atom. The maximum atomic E-state index is 12.2. The maximum Gasteiger partial charge on any atom is 0.307 e. The molecule has 0 aliphatic carbocycles. The molecule has 1 rings (SSSR count). The number of rotatable bonds is 6. The summed E-state index contributed by atoms with van der Waals surface area (Å²) in [5.41, 5.74) is 0. The normalized spacial score (nSPS) is 22.1. The van der Waals surface area contributed by atoms with E-state index in [0.29, 0.717) is 12.8 Å². The highest BCUT2D eigenvalue weighted by Gasteiger charge is 2.34. The van der Waals surface area contributed by atoms with Crippen molar-refractivity contribution in [1.29, 1.82) is 0 Å². The number of piperidine rings is 1. The van der Waals surface area contributed by atoms with Crippen molar-refractivity contribution in [2.24, 2.45) is 5.92 Å². The molecule has 0 radical (unpaired) electrons. The first-order valence-electron chi connectivity index (χ1n) is 6.16. The minimum absolute atomic E-state index is 0.0686. The van der Waals surface area contributed by atoms with E-state index in [2.05, 4.69) is 0 Å². The summed E-state index contributed by atoms with van der Waals surface area (Å²) in [7, 11) is -5.77. The number of aliphatic carboxylic acids is 1. The second-order valence-electron chi connectivity index (χ2n) is 4.99. The Labute approximate surface area is 119 Å². The lowest BCUT2D eigenvalue weighted by Crippen LogP contribution is -2.48. The number of carboxylic acid groups (broad SMARTS) is 1. The van der Waals surface area contributed by atoms with Gasteiger partial charge in [0.05, 0.1) is 11.7 Å². The Balaban J connectivity index is 2.74. The van der Waals surface area contributed by atoms with Gasteiger partial charge in [-0.15, -0.1) is 0 Å². The predicted molar refractivity (Wildman–Crippen MR) is 73.2 cm³/mol. The lowest BCUT2D eigenvalue weighted by Gasteiger charge is -2.32. The van der Waals surface area contributed by atoms with Gasteiger partial charge in [0, 0.05) is 32.9 Å². The monoisotopic (exact) mass is 328 g/mol. The molecule has 0 aromatic heterocycles. The van der Waals surface area contributed by atoms with Crippen molar-refractivity contribution in [3.05, 3.63) is 0 Å². The topological polar surface area (TPSA) is 112 Å². The fraction of sp³-hybridized carbons (Fsp3) is 0.900. The van der Waals surface area contributed by atoms with Gasteiger partial charge in [0.1, 0.15) is 9.84 Å². The van der Waals surface area contributed by atoms with Gasteiger partial charge in [0.2, 0.25) is 0 Å². The molecular formula is C10H20N2O6S2. The number of carbonyl (C=O) groups is 1. The van der Waals surface area contributed by atoms with Gasteiger partial charge in [-0.2, -0.15) is 17.0 Å². The smallest absolute Gasteiger partial charge is 0.307 e. The highest BCUT2D eigenvalue weighted by molar-refractivity contribution is 7.90. The lowest BCUT2D eigenvalue weighted by atomic mass is 10.0. The van der Waals surface area contributed by atoms with Crippen molar-refractivity contribution < 1.29 is 26.7 Å². The zero-order chi connectivity index (χ0) is 15.6. The predicted octanol–water partition coefficient (Wildman–Crippen LogP) is -0.996. The summed E-state index contributed by atoms with van der Waals surface area (Å²) in [6.45, 7) is 0.0472. The van der Waals surface area contributed by atoms with Gasteiger partial charge in [0.15, 0.2) is 0 Å². The minimum Gasteiger partial charge on any atom is -0.481 e. The molecule has 1 unspecified atom stereocenters. The second-order valence-corrected chi connectivity index (χ2v) is 9.29.